The van der Waals surface area contributed by atoms with E-state index in [4.69, 9.17) is 11.6 Å². The molecule has 1 N–H and O–H groups in total. The molecule has 0 amide bonds. The Hall–Kier alpha value is -1.23. The van der Waals surface area contributed by atoms with Gasteiger partial charge in [-0.3, -0.25) is 0 Å². The van der Waals surface area contributed by atoms with E-state index in [9.17, 15) is 13.2 Å². The number of imidazole rings is 1. The Balaban J connectivity index is 2.67. The number of halogens is 4. The zero-order valence-corrected chi connectivity index (χ0v) is 10.9. The lowest BCUT2D eigenvalue weighted by atomic mass is 9.96. The lowest BCUT2D eigenvalue weighted by Crippen LogP contribution is -2.12. The highest BCUT2D eigenvalue weighted by molar-refractivity contribution is 6.35. The molecule has 98 valence electrons. The van der Waals surface area contributed by atoms with Crippen LogP contribution in [-0.2, 0) is 11.6 Å². The quantitative estimate of drug-likeness (QED) is 0.752. The first-order chi connectivity index (χ1) is 8.09. The van der Waals surface area contributed by atoms with Gasteiger partial charge in [-0.1, -0.05) is 32.4 Å². The Bertz CT molecular complexity index is 594. The number of aromatic nitrogens is 2. The number of nitrogens with one attached hydrogen (secondary N) is 1. The van der Waals surface area contributed by atoms with Crippen molar-refractivity contribution in [3.8, 4) is 0 Å². The predicted molar refractivity (Wildman–Crippen MR) is 64.8 cm³/mol. The first-order valence-electron chi connectivity index (χ1n) is 5.36. The van der Waals surface area contributed by atoms with Crippen molar-refractivity contribution in [2.45, 2.75) is 32.4 Å². The molecule has 0 bridgehead atoms. The Morgan fingerprint density at radius 3 is 2.28 bits per heavy atom. The second-order valence-corrected chi connectivity index (χ2v) is 5.59. The molecule has 6 heteroatoms. The van der Waals surface area contributed by atoms with E-state index in [0.717, 1.165) is 12.1 Å². The van der Waals surface area contributed by atoms with Crippen molar-refractivity contribution in [1.29, 1.82) is 0 Å². The number of rotatable bonds is 0. The zero-order chi connectivity index (χ0) is 13.7. The molecular formula is C12H12ClF3N2. The molecular weight excluding hydrogens is 265 g/mol. The van der Waals surface area contributed by atoms with Crippen LogP contribution < -0.4 is 0 Å². The molecule has 2 aromatic rings. The summed E-state index contributed by atoms with van der Waals surface area (Å²) < 4.78 is 37.9. The molecule has 1 heterocycles. The number of H-pyrrole nitrogens is 1. The number of hydrogen-bond acceptors (Lipinski definition) is 1. The number of aromatic amines is 1. The number of nitrogens with zero attached hydrogens (tertiary/aromatic N) is 1. The minimum absolute atomic E-state index is 0.0304. The van der Waals surface area contributed by atoms with Crippen LogP contribution in [0.25, 0.3) is 11.0 Å². The molecule has 0 atom stereocenters. The van der Waals surface area contributed by atoms with E-state index >= 15 is 0 Å². The summed E-state index contributed by atoms with van der Waals surface area (Å²) in [5, 5.41) is 0.0304. The van der Waals surface area contributed by atoms with Gasteiger partial charge in [0.1, 0.15) is 5.82 Å². The van der Waals surface area contributed by atoms with Crippen LogP contribution in [-0.4, -0.2) is 9.97 Å². The molecule has 18 heavy (non-hydrogen) atoms. The Labute approximate surface area is 107 Å². The van der Waals surface area contributed by atoms with E-state index < -0.39 is 11.7 Å². The highest BCUT2D eigenvalue weighted by Crippen LogP contribution is 2.35. The maximum atomic E-state index is 12.6. The molecule has 0 saturated heterocycles. The monoisotopic (exact) mass is 276 g/mol. The summed E-state index contributed by atoms with van der Waals surface area (Å²) in [5.74, 6) is 0.610. The van der Waals surface area contributed by atoms with Crippen molar-refractivity contribution < 1.29 is 13.2 Å². The minimum Gasteiger partial charge on any atom is -0.340 e. The van der Waals surface area contributed by atoms with Crippen molar-refractivity contribution in [1.82, 2.24) is 9.97 Å². The fourth-order valence-corrected chi connectivity index (χ4v) is 1.85. The van der Waals surface area contributed by atoms with Gasteiger partial charge < -0.3 is 4.98 Å². The van der Waals surface area contributed by atoms with Gasteiger partial charge in [0, 0.05) is 5.41 Å². The van der Waals surface area contributed by atoms with E-state index in [0.29, 0.717) is 11.3 Å². The summed E-state index contributed by atoms with van der Waals surface area (Å²) in [4.78, 5) is 7.15. The Morgan fingerprint density at radius 2 is 1.78 bits per heavy atom. The topological polar surface area (TPSA) is 28.7 Å². The zero-order valence-electron chi connectivity index (χ0n) is 10.1. The fraction of sp³-hybridized carbons (Fsp3) is 0.417. The molecule has 0 aliphatic rings. The van der Waals surface area contributed by atoms with E-state index in [1.165, 1.54) is 0 Å². The predicted octanol–water partition coefficient (Wildman–Crippen LogP) is 4.53. The van der Waals surface area contributed by atoms with Crippen LogP contribution in [0.3, 0.4) is 0 Å². The normalized spacial score (nSPS) is 13.3. The fourth-order valence-electron chi connectivity index (χ4n) is 1.59. The van der Waals surface area contributed by atoms with Gasteiger partial charge >= 0.3 is 6.18 Å². The third-order valence-corrected chi connectivity index (χ3v) is 2.88. The summed E-state index contributed by atoms with van der Waals surface area (Å²) in [6.07, 6.45) is -4.42. The molecule has 0 aliphatic carbocycles. The molecule has 0 aliphatic heterocycles. The SMILES string of the molecule is CC(C)(C)c1nc2cc(C(F)(F)F)cc(Cl)c2[nH]1. The van der Waals surface area contributed by atoms with Crippen LogP contribution in [0.4, 0.5) is 13.2 Å². The van der Waals surface area contributed by atoms with Crippen LogP contribution in [0, 0.1) is 0 Å². The van der Waals surface area contributed by atoms with Gasteiger partial charge in [-0.25, -0.2) is 4.98 Å². The van der Waals surface area contributed by atoms with Gasteiger partial charge in [-0.05, 0) is 12.1 Å². The lowest BCUT2D eigenvalue weighted by Gasteiger charge is -2.13. The van der Waals surface area contributed by atoms with Gasteiger partial charge in [-0.2, -0.15) is 13.2 Å². The number of hydrogen-bond donors (Lipinski definition) is 1. The molecule has 0 radical (unpaired) electrons. The first kappa shape index (κ1) is 13.2. The van der Waals surface area contributed by atoms with Gasteiger partial charge in [-0.15, -0.1) is 0 Å². The molecule has 2 rings (SSSR count). The van der Waals surface area contributed by atoms with Crippen molar-refractivity contribution in [2.24, 2.45) is 0 Å². The van der Waals surface area contributed by atoms with Crippen LogP contribution in [0.5, 0.6) is 0 Å². The summed E-state index contributed by atoms with van der Waals surface area (Å²) in [6, 6.07) is 1.92. The summed E-state index contributed by atoms with van der Waals surface area (Å²) in [7, 11) is 0. The van der Waals surface area contributed by atoms with Gasteiger partial charge in [0.2, 0.25) is 0 Å². The average Bonchev–Trinajstić information content (AvgIpc) is 2.59. The molecule has 0 unspecified atom stereocenters. The molecule has 0 saturated carbocycles. The highest BCUT2D eigenvalue weighted by atomic mass is 35.5. The standard InChI is InChI=1S/C12H12ClF3N2/c1-11(2,3)10-17-8-5-6(12(14,15)16)4-7(13)9(8)18-10/h4-5H,1-3H3,(H,17,18). The maximum Gasteiger partial charge on any atom is 0.416 e. The van der Waals surface area contributed by atoms with Crippen molar-refractivity contribution in [3.05, 3.63) is 28.5 Å². The lowest BCUT2D eigenvalue weighted by molar-refractivity contribution is -0.137. The highest BCUT2D eigenvalue weighted by Gasteiger charge is 2.32. The van der Waals surface area contributed by atoms with Gasteiger partial charge in [0.05, 0.1) is 21.6 Å². The van der Waals surface area contributed by atoms with E-state index in [1.807, 2.05) is 20.8 Å². The van der Waals surface area contributed by atoms with Crippen LogP contribution in [0.1, 0.15) is 32.2 Å². The second kappa shape index (κ2) is 3.88. The van der Waals surface area contributed by atoms with E-state index in [-0.39, 0.29) is 16.0 Å². The molecule has 1 aromatic carbocycles. The molecule has 0 spiro atoms. The van der Waals surface area contributed by atoms with Crippen molar-refractivity contribution in [3.63, 3.8) is 0 Å². The van der Waals surface area contributed by atoms with Gasteiger partial charge in [0.15, 0.2) is 0 Å². The number of fused-ring (bicyclic) bond motifs is 1. The van der Waals surface area contributed by atoms with Gasteiger partial charge in [0.25, 0.3) is 0 Å². The third kappa shape index (κ3) is 2.32. The van der Waals surface area contributed by atoms with Crippen molar-refractivity contribution >= 4 is 22.6 Å². The Kier molecular flexibility index (Phi) is 2.85. The molecule has 1 aromatic heterocycles. The minimum atomic E-state index is -4.42. The van der Waals surface area contributed by atoms with Crippen LogP contribution in [0.15, 0.2) is 12.1 Å². The first-order valence-corrected chi connectivity index (χ1v) is 5.74. The smallest absolute Gasteiger partial charge is 0.340 e. The van der Waals surface area contributed by atoms with Crippen LogP contribution in [0.2, 0.25) is 5.02 Å². The van der Waals surface area contributed by atoms with E-state index in [2.05, 4.69) is 9.97 Å². The largest absolute Gasteiger partial charge is 0.416 e. The van der Waals surface area contributed by atoms with E-state index in [1.54, 1.807) is 0 Å². The Morgan fingerprint density at radius 1 is 1.17 bits per heavy atom. The number of alkyl halides is 3. The maximum absolute atomic E-state index is 12.6. The molecule has 0 fully saturated rings. The summed E-state index contributed by atoms with van der Waals surface area (Å²) >= 11 is 5.86. The van der Waals surface area contributed by atoms with Crippen molar-refractivity contribution in [2.75, 3.05) is 0 Å². The molecule has 2 nitrogen and oxygen atoms in total. The summed E-state index contributed by atoms with van der Waals surface area (Å²) in [5.41, 5.74) is -0.387. The number of benzene rings is 1. The second-order valence-electron chi connectivity index (χ2n) is 5.19. The van der Waals surface area contributed by atoms with Crippen LogP contribution >= 0.6 is 11.6 Å². The average molecular weight is 277 g/mol. The third-order valence-electron chi connectivity index (χ3n) is 2.58. The summed E-state index contributed by atoms with van der Waals surface area (Å²) in [6.45, 7) is 5.76.